The molecule has 14 heavy (non-hydrogen) atoms. The van der Waals surface area contributed by atoms with Gasteiger partial charge in [-0.1, -0.05) is 35.2 Å². The van der Waals surface area contributed by atoms with E-state index in [1.54, 1.807) is 7.11 Å². The lowest BCUT2D eigenvalue weighted by Crippen LogP contribution is -2.23. The maximum Gasteiger partial charge on any atom is 0.0700 e. The monoisotopic (exact) mass is 264 g/mol. The molecule has 0 heterocycles. The summed E-state index contributed by atoms with van der Waals surface area (Å²) in [7, 11) is 1.74. The van der Waals surface area contributed by atoms with Crippen molar-refractivity contribution in [1.82, 2.24) is 0 Å². The smallest absolute Gasteiger partial charge is 0.0700 e. The van der Waals surface area contributed by atoms with Crippen molar-refractivity contribution >= 4 is 15.9 Å². The fourth-order valence-corrected chi connectivity index (χ4v) is 2.59. The lowest BCUT2D eigenvalue weighted by molar-refractivity contribution is 0.0355. The Labute approximate surface area is 95.5 Å². The third-order valence-electron chi connectivity index (χ3n) is 2.70. The van der Waals surface area contributed by atoms with Crippen LogP contribution >= 0.6 is 15.9 Å². The topological polar surface area (TPSA) is 18.5 Å². The van der Waals surface area contributed by atoms with Crippen molar-refractivity contribution in [1.29, 1.82) is 0 Å². The van der Waals surface area contributed by atoms with Gasteiger partial charge in [0.05, 0.1) is 6.10 Å². The first-order valence-electron chi connectivity index (χ1n) is 5.59. The minimum Gasteiger partial charge on any atom is -0.385 e. The molecule has 0 spiro atoms. The Morgan fingerprint density at radius 2 is 1.93 bits per heavy atom. The zero-order chi connectivity index (χ0) is 10.2. The summed E-state index contributed by atoms with van der Waals surface area (Å²) in [6.45, 7) is 1.64. The van der Waals surface area contributed by atoms with E-state index < -0.39 is 0 Å². The highest BCUT2D eigenvalue weighted by molar-refractivity contribution is 9.09. The molecule has 0 bridgehead atoms. The number of methoxy groups -OCH3 is 1. The highest BCUT2D eigenvalue weighted by Crippen LogP contribution is 2.25. The fourth-order valence-electron chi connectivity index (χ4n) is 1.85. The second-order valence-electron chi connectivity index (χ2n) is 3.91. The van der Waals surface area contributed by atoms with Crippen LogP contribution in [-0.4, -0.2) is 31.3 Å². The van der Waals surface area contributed by atoms with Crippen molar-refractivity contribution in [3.05, 3.63) is 0 Å². The molecule has 3 heteroatoms. The minimum atomic E-state index is 0.425. The van der Waals surface area contributed by atoms with Crippen LogP contribution in [0.2, 0.25) is 0 Å². The molecule has 84 valence electrons. The van der Waals surface area contributed by atoms with Gasteiger partial charge in [0.1, 0.15) is 0 Å². The maximum absolute atomic E-state index is 5.85. The van der Waals surface area contributed by atoms with Crippen LogP contribution < -0.4 is 0 Å². The predicted octanol–water partition coefficient (Wildman–Crippen LogP) is 3.14. The molecule has 0 saturated heterocycles. The SMILES string of the molecule is COCCCOC1CCCCCC1Br. The van der Waals surface area contributed by atoms with Crippen LogP contribution in [0.25, 0.3) is 0 Å². The van der Waals surface area contributed by atoms with Gasteiger partial charge in [-0.2, -0.15) is 0 Å². The Morgan fingerprint density at radius 1 is 1.14 bits per heavy atom. The number of rotatable bonds is 5. The third kappa shape index (κ3) is 4.76. The Kier molecular flexibility index (Phi) is 6.82. The van der Waals surface area contributed by atoms with Gasteiger partial charge in [-0.05, 0) is 19.3 Å². The molecule has 1 fully saturated rings. The summed E-state index contributed by atoms with van der Waals surface area (Å²) in [5.41, 5.74) is 0. The molecular formula is C11H21BrO2. The van der Waals surface area contributed by atoms with E-state index in [-0.39, 0.29) is 0 Å². The first-order chi connectivity index (χ1) is 6.84. The highest BCUT2D eigenvalue weighted by atomic mass is 79.9. The van der Waals surface area contributed by atoms with Gasteiger partial charge >= 0.3 is 0 Å². The molecule has 0 aromatic rings. The summed E-state index contributed by atoms with van der Waals surface area (Å²) in [6.07, 6.45) is 7.92. The zero-order valence-corrected chi connectivity index (χ0v) is 10.6. The van der Waals surface area contributed by atoms with Crippen LogP contribution in [0.1, 0.15) is 38.5 Å². The third-order valence-corrected chi connectivity index (χ3v) is 3.74. The van der Waals surface area contributed by atoms with Crippen LogP contribution in [0.5, 0.6) is 0 Å². The molecule has 2 atom stereocenters. The molecular weight excluding hydrogens is 244 g/mol. The average Bonchev–Trinajstić information content (AvgIpc) is 2.39. The Bertz CT molecular complexity index is 141. The number of ether oxygens (including phenoxy) is 2. The van der Waals surface area contributed by atoms with Gasteiger partial charge in [0.2, 0.25) is 0 Å². The van der Waals surface area contributed by atoms with E-state index in [1.165, 1.54) is 32.1 Å². The molecule has 1 aliphatic carbocycles. The first kappa shape index (κ1) is 12.5. The molecule has 0 amide bonds. The van der Waals surface area contributed by atoms with Crippen LogP contribution in [-0.2, 0) is 9.47 Å². The summed E-state index contributed by atoms with van der Waals surface area (Å²) < 4.78 is 10.8. The first-order valence-corrected chi connectivity index (χ1v) is 6.51. The summed E-state index contributed by atoms with van der Waals surface area (Å²) >= 11 is 3.72. The number of hydrogen-bond acceptors (Lipinski definition) is 2. The summed E-state index contributed by atoms with van der Waals surface area (Å²) in [5, 5.41) is 0. The van der Waals surface area contributed by atoms with E-state index in [0.29, 0.717) is 10.9 Å². The molecule has 2 unspecified atom stereocenters. The number of alkyl halides is 1. The zero-order valence-electron chi connectivity index (χ0n) is 9.01. The summed E-state index contributed by atoms with van der Waals surface area (Å²) in [6, 6.07) is 0. The second kappa shape index (κ2) is 7.66. The van der Waals surface area contributed by atoms with Crippen molar-refractivity contribution in [3.63, 3.8) is 0 Å². The molecule has 0 N–H and O–H groups in total. The number of hydrogen-bond donors (Lipinski definition) is 0. The fraction of sp³-hybridized carbons (Fsp3) is 1.00. The molecule has 0 radical (unpaired) electrons. The highest BCUT2D eigenvalue weighted by Gasteiger charge is 2.21. The molecule has 1 aliphatic rings. The van der Waals surface area contributed by atoms with E-state index in [1.807, 2.05) is 0 Å². The normalized spacial score (nSPS) is 28.7. The molecule has 0 aliphatic heterocycles. The van der Waals surface area contributed by atoms with Gasteiger partial charge in [-0.15, -0.1) is 0 Å². The largest absolute Gasteiger partial charge is 0.385 e. The van der Waals surface area contributed by atoms with E-state index in [0.717, 1.165) is 19.6 Å². The lowest BCUT2D eigenvalue weighted by atomic mass is 10.1. The lowest BCUT2D eigenvalue weighted by Gasteiger charge is -2.20. The molecule has 1 saturated carbocycles. The van der Waals surface area contributed by atoms with Gasteiger partial charge < -0.3 is 9.47 Å². The molecule has 1 rings (SSSR count). The predicted molar refractivity (Wildman–Crippen MR) is 62.0 cm³/mol. The Hall–Kier alpha value is 0.400. The van der Waals surface area contributed by atoms with Crippen LogP contribution in [0.4, 0.5) is 0 Å². The summed E-state index contributed by atoms with van der Waals surface area (Å²) in [5.74, 6) is 0. The second-order valence-corrected chi connectivity index (χ2v) is 5.09. The van der Waals surface area contributed by atoms with E-state index in [9.17, 15) is 0 Å². The Morgan fingerprint density at radius 3 is 2.71 bits per heavy atom. The Balaban J connectivity index is 2.13. The van der Waals surface area contributed by atoms with E-state index in [4.69, 9.17) is 9.47 Å². The van der Waals surface area contributed by atoms with Crippen LogP contribution in [0.3, 0.4) is 0 Å². The minimum absolute atomic E-state index is 0.425. The molecule has 2 nitrogen and oxygen atoms in total. The van der Waals surface area contributed by atoms with Gasteiger partial charge in [0.15, 0.2) is 0 Å². The van der Waals surface area contributed by atoms with Crippen molar-refractivity contribution < 1.29 is 9.47 Å². The van der Waals surface area contributed by atoms with Crippen LogP contribution in [0, 0.1) is 0 Å². The van der Waals surface area contributed by atoms with Crippen molar-refractivity contribution in [3.8, 4) is 0 Å². The summed E-state index contributed by atoms with van der Waals surface area (Å²) in [4.78, 5) is 0.563. The van der Waals surface area contributed by atoms with E-state index >= 15 is 0 Å². The van der Waals surface area contributed by atoms with Crippen molar-refractivity contribution in [2.75, 3.05) is 20.3 Å². The molecule has 0 aromatic carbocycles. The van der Waals surface area contributed by atoms with E-state index in [2.05, 4.69) is 15.9 Å². The van der Waals surface area contributed by atoms with Gasteiger partial charge in [-0.3, -0.25) is 0 Å². The van der Waals surface area contributed by atoms with Gasteiger partial charge in [-0.25, -0.2) is 0 Å². The number of halogens is 1. The molecule has 0 aromatic heterocycles. The maximum atomic E-state index is 5.85. The average molecular weight is 265 g/mol. The van der Waals surface area contributed by atoms with Crippen LogP contribution in [0.15, 0.2) is 0 Å². The van der Waals surface area contributed by atoms with Crippen molar-refractivity contribution in [2.45, 2.75) is 49.5 Å². The van der Waals surface area contributed by atoms with Crippen molar-refractivity contribution in [2.24, 2.45) is 0 Å². The van der Waals surface area contributed by atoms with Gasteiger partial charge in [0, 0.05) is 25.2 Å². The standard InChI is InChI=1S/C11H21BrO2/c1-13-8-5-9-14-11-7-4-2-3-6-10(11)12/h10-11H,2-9H2,1H3. The quantitative estimate of drug-likeness (QED) is 0.432. The van der Waals surface area contributed by atoms with Gasteiger partial charge in [0.25, 0.3) is 0 Å².